The molecule has 0 amide bonds. The molecule has 4 N–H and O–H groups in total. The average molecular weight is 293 g/mol. The van der Waals surface area contributed by atoms with Crippen LogP contribution in [0.3, 0.4) is 0 Å². The standard InChI is InChI=1S/C15H23N3O3/c1-10-7-13(5-6-21-10)17-9-12-8-11(15(16)18-19)3-4-14(12)20-2/h3-4,8,10,13,17,19H,5-7,9H2,1-2H3,(H2,16,18). The summed E-state index contributed by atoms with van der Waals surface area (Å²) in [5.41, 5.74) is 7.30. The number of nitrogens with one attached hydrogen (secondary N) is 1. The number of oxime groups is 1. The van der Waals surface area contributed by atoms with Crippen LogP contribution in [0.15, 0.2) is 23.4 Å². The molecule has 21 heavy (non-hydrogen) atoms. The third-order valence-electron chi connectivity index (χ3n) is 3.75. The van der Waals surface area contributed by atoms with Crippen molar-refractivity contribution in [3.63, 3.8) is 0 Å². The van der Waals surface area contributed by atoms with Crippen LogP contribution in [0.1, 0.15) is 30.9 Å². The molecule has 2 atom stereocenters. The van der Waals surface area contributed by atoms with Crippen molar-refractivity contribution >= 4 is 5.84 Å². The van der Waals surface area contributed by atoms with Crippen molar-refractivity contribution in [2.75, 3.05) is 13.7 Å². The lowest BCUT2D eigenvalue weighted by molar-refractivity contribution is 0.0130. The number of ether oxygens (including phenoxy) is 2. The molecule has 0 spiro atoms. The normalized spacial score (nSPS) is 23.0. The number of benzene rings is 1. The number of amidine groups is 1. The molecule has 1 saturated heterocycles. The van der Waals surface area contributed by atoms with Crippen LogP contribution in [-0.4, -0.2) is 36.9 Å². The fraction of sp³-hybridized carbons (Fsp3) is 0.533. The summed E-state index contributed by atoms with van der Waals surface area (Å²) < 4.78 is 10.9. The lowest BCUT2D eigenvalue weighted by atomic mass is 10.0. The molecule has 1 aromatic rings. The quantitative estimate of drug-likeness (QED) is 0.331. The Morgan fingerprint density at radius 2 is 2.38 bits per heavy atom. The van der Waals surface area contributed by atoms with E-state index < -0.39 is 0 Å². The van der Waals surface area contributed by atoms with Crippen molar-refractivity contribution in [2.45, 2.75) is 38.5 Å². The van der Waals surface area contributed by atoms with Crippen molar-refractivity contribution in [2.24, 2.45) is 10.9 Å². The van der Waals surface area contributed by atoms with Gasteiger partial charge in [-0.2, -0.15) is 0 Å². The number of hydrogen-bond acceptors (Lipinski definition) is 5. The van der Waals surface area contributed by atoms with Crippen molar-refractivity contribution < 1.29 is 14.7 Å². The lowest BCUT2D eigenvalue weighted by Gasteiger charge is -2.28. The van der Waals surface area contributed by atoms with E-state index in [1.807, 2.05) is 12.1 Å². The van der Waals surface area contributed by atoms with Gasteiger partial charge in [-0.25, -0.2) is 0 Å². The van der Waals surface area contributed by atoms with Crippen molar-refractivity contribution in [1.29, 1.82) is 0 Å². The Bertz CT molecular complexity index is 505. The third-order valence-corrected chi connectivity index (χ3v) is 3.75. The fourth-order valence-electron chi connectivity index (χ4n) is 2.57. The van der Waals surface area contributed by atoms with E-state index in [0.29, 0.717) is 24.3 Å². The van der Waals surface area contributed by atoms with E-state index in [2.05, 4.69) is 17.4 Å². The molecule has 6 heteroatoms. The number of nitrogens with two attached hydrogens (primary N) is 1. The maximum Gasteiger partial charge on any atom is 0.170 e. The molecule has 2 rings (SSSR count). The van der Waals surface area contributed by atoms with Gasteiger partial charge in [0, 0.05) is 30.3 Å². The lowest BCUT2D eigenvalue weighted by Crippen LogP contribution is -2.37. The van der Waals surface area contributed by atoms with Gasteiger partial charge in [0.1, 0.15) is 5.75 Å². The third kappa shape index (κ3) is 4.09. The summed E-state index contributed by atoms with van der Waals surface area (Å²) in [5, 5.41) is 15.3. The minimum absolute atomic E-state index is 0.0959. The summed E-state index contributed by atoms with van der Waals surface area (Å²) in [6.07, 6.45) is 2.30. The Morgan fingerprint density at radius 1 is 1.57 bits per heavy atom. The zero-order valence-corrected chi connectivity index (χ0v) is 12.5. The van der Waals surface area contributed by atoms with Crippen molar-refractivity contribution in [3.8, 4) is 5.75 Å². The zero-order valence-electron chi connectivity index (χ0n) is 12.5. The molecule has 0 radical (unpaired) electrons. The SMILES string of the molecule is COc1ccc(/C(N)=N/O)cc1CNC1CCOC(C)C1. The van der Waals surface area contributed by atoms with Gasteiger partial charge in [-0.3, -0.25) is 0 Å². The second-order valence-electron chi connectivity index (χ2n) is 5.30. The Balaban J connectivity index is 2.06. The first-order valence-corrected chi connectivity index (χ1v) is 7.13. The van der Waals surface area contributed by atoms with Crippen LogP contribution >= 0.6 is 0 Å². The highest BCUT2D eigenvalue weighted by atomic mass is 16.5. The van der Waals surface area contributed by atoms with Crippen LogP contribution in [0.4, 0.5) is 0 Å². The molecular weight excluding hydrogens is 270 g/mol. The highest BCUT2D eigenvalue weighted by molar-refractivity contribution is 5.97. The molecule has 0 bridgehead atoms. The maximum atomic E-state index is 8.77. The van der Waals surface area contributed by atoms with Crippen LogP contribution in [0.2, 0.25) is 0 Å². The Labute approximate surface area is 124 Å². The average Bonchev–Trinajstić information content (AvgIpc) is 2.52. The molecule has 1 aliphatic rings. The Hall–Kier alpha value is -1.79. The maximum absolute atomic E-state index is 8.77. The van der Waals surface area contributed by atoms with Crippen molar-refractivity contribution in [3.05, 3.63) is 29.3 Å². The molecular formula is C15H23N3O3. The molecule has 0 aromatic heterocycles. The van der Waals surface area contributed by atoms with Gasteiger partial charge in [0.15, 0.2) is 5.84 Å². The largest absolute Gasteiger partial charge is 0.496 e. The van der Waals surface area contributed by atoms with Gasteiger partial charge in [-0.05, 0) is 38.0 Å². The zero-order chi connectivity index (χ0) is 15.2. The molecule has 0 aliphatic carbocycles. The van der Waals surface area contributed by atoms with Crippen LogP contribution in [0.25, 0.3) is 0 Å². The molecule has 116 valence electrons. The van der Waals surface area contributed by atoms with E-state index in [9.17, 15) is 0 Å². The highest BCUT2D eigenvalue weighted by Gasteiger charge is 2.19. The van der Waals surface area contributed by atoms with Gasteiger partial charge in [0.25, 0.3) is 0 Å². The molecule has 6 nitrogen and oxygen atoms in total. The summed E-state index contributed by atoms with van der Waals surface area (Å²) in [7, 11) is 1.64. The first kappa shape index (κ1) is 15.6. The Kier molecular flexibility index (Phi) is 5.41. The van der Waals surface area contributed by atoms with E-state index in [1.54, 1.807) is 13.2 Å². The molecule has 1 fully saturated rings. The van der Waals surface area contributed by atoms with Gasteiger partial charge in [0.2, 0.25) is 0 Å². The molecule has 0 saturated carbocycles. The topological polar surface area (TPSA) is 89.1 Å². The van der Waals surface area contributed by atoms with Gasteiger partial charge >= 0.3 is 0 Å². The predicted molar refractivity (Wildman–Crippen MR) is 80.8 cm³/mol. The monoisotopic (exact) mass is 293 g/mol. The van der Waals surface area contributed by atoms with Crippen LogP contribution in [0, 0.1) is 0 Å². The molecule has 1 aromatic carbocycles. The number of hydrogen-bond donors (Lipinski definition) is 3. The predicted octanol–water partition coefficient (Wildman–Crippen LogP) is 1.45. The smallest absolute Gasteiger partial charge is 0.170 e. The van der Waals surface area contributed by atoms with E-state index in [4.69, 9.17) is 20.4 Å². The first-order valence-electron chi connectivity index (χ1n) is 7.13. The summed E-state index contributed by atoms with van der Waals surface area (Å²) >= 11 is 0. The van der Waals surface area contributed by atoms with Gasteiger partial charge in [-0.1, -0.05) is 5.16 Å². The summed E-state index contributed by atoms with van der Waals surface area (Å²) in [5.74, 6) is 0.885. The Morgan fingerprint density at radius 3 is 3.05 bits per heavy atom. The first-order chi connectivity index (χ1) is 10.1. The van der Waals surface area contributed by atoms with Crippen LogP contribution < -0.4 is 15.8 Å². The van der Waals surface area contributed by atoms with E-state index >= 15 is 0 Å². The summed E-state index contributed by atoms with van der Waals surface area (Å²) in [6, 6.07) is 5.92. The second-order valence-corrected chi connectivity index (χ2v) is 5.30. The van der Waals surface area contributed by atoms with Crippen molar-refractivity contribution in [1.82, 2.24) is 5.32 Å². The number of nitrogens with zero attached hydrogens (tertiary/aromatic N) is 1. The highest BCUT2D eigenvalue weighted by Crippen LogP contribution is 2.21. The fourth-order valence-corrected chi connectivity index (χ4v) is 2.57. The second kappa shape index (κ2) is 7.28. The number of rotatable bonds is 5. The summed E-state index contributed by atoms with van der Waals surface area (Å²) in [6.45, 7) is 3.56. The van der Waals surface area contributed by atoms with Crippen LogP contribution in [-0.2, 0) is 11.3 Å². The van der Waals surface area contributed by atoms with Gasteiger partial charge in [0.05, 0.1) is 13.2 Å². The van der Waals surface area contributed by atoms with Gasteiger partial charge in [-0.15, -0.1) is 0 Å². The van der Waals surface area contributed by atoms with E-state index in [1.165, 1.54) is 0 Å². The minimum Gasteiger partial charge on any atom is -0.496 e. The van der Waals surface area contributed by atoms with E-state index in [-0.39, 0.29) is 5.84 Å². The summed E-state index contributed by atoms with van der Waals surface area (Å²) in [4.78, 5) is 0. The minimum atomic E-state index is 0.0959. The van der Waals surface area contributed by atoms with Gasteiger partial charge < -0.3 is 25.7 Å². The van der Waals surface area contributed by atoms with E-state index in [0.717, 1.165) is 30.8 Å². The molecule has 1 heterocycles. The molecule has 1 aliphatic heterocycles. The van der Waals surface area contributed by atoms with Crippen LogP contribution in [0.5, 0.6) is 5.75 Å². The molecule has 2 unspecified atom stereocenters. The number of methoxy groups -OCH3 is 1.